The highest BCUT2D eigenvalue weighted by atomic mass is 16.5. The van der Waals surface area contributed by atoms with Gasteiger partial charge in [-0.1, -0.05) is 18.2 Å². The number of rotatable bonds is 1. The largest absolute Gasteiger partial charge is 0.481 e. The summed E-state index contributed by atoms with van der Waals surface area (Å²) in [4.78, 5) is 22.9. The lowest BCUT2D eigenvalue weighted by Gasteiger charge is -2.39. The third-order valence-electron chi connectivity index (χ3n) is 3.31. The topological polar surface area (TPSA) is 75.6 Å². The zero-order valence-electron chi connectivity index (χ0n) is 8.92. The first-order valence-corrected chi connectivity index (χ1v) is 5.45. The Morgan fingerprint density at radius 2 is 2.18 bits per heavy atom. The number of ether oxygens (including phenoxy) is 1. The van der Waals surface area contributed by atoms with Crippen LogP contribution < -0.4 is 10.1 Å². The number of nitrogens with one attached hydrogen (secondary N) is 1. The molecule has 1 fully saturated rings. The Kier molecular flexibility index (Phi) is 2.07. The molecule has 5 heteroatoms. The number of carbonyl (C=O) groups is 2. The van der Waals surface area contributed by atoms with Gasteiger partial charge in [0.05, 0.1) is 0 Å². The molecule has 0 radical (unpaired) electrons. The molecule has 17 heavy (non-hydrogen) atoms. The van der Waals surface area contributed by atoms with E-state index in [-0.39, 0.29) is 5.92 Å². The average Bonchev–Trinajstić information content (AvgIpc) is 2.28. The minimum Gasteiger partial charge on any atom is -0.481 e. The van der Waals surface area contributed by atoms with Gasteiger partial charge in [-0.25, -0.2) is 0 Å². The van der Waals surface area contributed by atoms with Crippen molar-refractivity contribution in [2.24, 2.45) is 5.92 Å². The minimum absolute atomic E-state index is 0.295. The van der Waals surface area contributed by atoms with Gasteiger partial charge in [0.15, 0.2) is 6.23 Å². The van der Waals surface area contributed by atoms with Gasteiger partial charge >= 0.3 is 5.97 Å². The molecule has 1 amide bonds. The molecule has 2 bridgehead atoms. The molecule has 0 aromatic heterocycles. The molecular formula is C12H11NO4. The Morgan fingerprint density at radius 1 is 1.41 bits per heavy atom. The number of carbonyl (C=O) groups excluding carboxylic acids is 1. The van der Waals surface area contributed by atoms with Gasteiger partial charge in [-0.2, -0.15) is 0 Å². The lowest BCUT2D eigenvalue weighted by atomic mass is 9.78. The smallest absolute Gasteiger partial charge is 0.316 e. The first-order valence-electron chi connectivity index (χ1n) is 5.45. The van der Waals surface area contributed by atoms with Crippen molar-refractivity contribution in [1.82, 2.24) is 5.32 Å². The Labute approximate surface area is 97.4 Å². The number of para-hydroxylation sites is 1. The van der Waals surface area contributed by atoms with Crippen LogP contribution in [0.5, 0.6) is 5.75 Å². The maximum absolute atomic E-state index is 11.7. The molecule has 88 valence electrons. The molecule has 1 aromatic carbocycles. The van der Waals surface area contributed by atoms with Crippen LogP contribution in [0.4, 0.5) is 0 Å². The van der Waals surface area contributed by atoms with Gasteiger partial charge in [-0.15, -0.1) is 0 Å². The fourth-order valence-electron chi connectivity index (χ4n) is 2.57. The second kappa shape index (κ2) is 3.48. The van der Waals surface area contributed by atoms with E-state index in [1.54, 1.807) is 6.07 Å². The number of fused-ring (bicyclic) bond motifs is 4. The standard InChI is InChI=1S/C12H11NO4/c14-11-10(12(15)16)7-5-9(13-11)17-8-4-2-1-3-6(7)8/h1-4,7,9-10H,5H2,(H,13,14)(H,15,16). The normalized spacial score (nSPS) is 29.9. The van der Waals surface area contributed by atoms with Crippen LogP contribution in [0.25, 0.3) is 0 Å². The SMILES string of the molecule is O=C(O)C1C(=O)NC2CC1c1ccccc1O2. The van der Waals surface area contributed by atoms with Gasteiger partial charge in [0, 0.05) is 12.3 Å². The predicted octanol–water partition coefficient (Wildman–Crippen LogP) is 0.709. The number of benzene rings is 1. The molecule has 2 N–H and O–H groups in total. The van der Waals surface area contributed by atoms with Crippen LogP contribution >= 0.6 is 0 Å². The maximum Gasteiger partial charge on any atom is 0.316 e. The third-order valence-corrected chi connectivity index (χ3v) is 3.31. The highest BCUT2D eigenvalue weighted by molar-refractivity contribution is 5.99. The molecule has 3 rings (SSSR count). The van der Waals surface area contributed by atoms with Gasteiger partial charge in [0.2, 0.25) is 5.91 Å². The Hall–Kier alpha value is -2.04. The lowest BCUT2D eigenvalue weighted by Crippen LogP contribution is -2.54. The van der Waals surface area contributed by atoms with E-state index in [2.05, 4.69) is 5.32 Å². The Balaban J connectivity index is 2.09. The Bertz CT molecular complexity index is 499. The molecule has 3 unspecified atom stereocenters. The van der Waals surface area contributed by atoms with E-state index in [4.69, 9.17) is 9.84 Å². The van der Waals surface area contributed by atoms with Crippen molar-refractivity contribution in [3.63, 3.8) is 0 Å². The summed E-state index contributed by atoms with van der Waals surface area (Å²) in [5, 5.41) is 11.7. The molecule has 3 atom stereocenters. The van der Waals surface area contributed by atoms with E-state index in [0.717, 1.165) is 5.56 Å². The number of amides is 1. The molecule has 2 aliphatic rings. The van der Waals surface area contributed by atoms with Gasteiger partial charge in [-0.3, -0.25) is 9.59 Å². The zero-order chi connectivity index (χ0) is 12.0. The number of hydrogen-bond donors (Lipinski definition) is 2. The van der Waals surface area contributed by atoms with Crippen LogP contribution in [-0.2, 0) is 9.59 Å². The van der Waals surface area contributed by atoms with Crippen LogP contribution in [0.3, 0.4) is 0 Å². The van der Waals surface area contributed by atoms with E-state index in [1.807, 2.05) is 18.2 Å². The second-order valence-electron chi connectivity index (χ2n) is 4.31. The van der Waals surface area contributed by atoms with E-state index >= 15 is 0 Å². The maximum atomic E-state index is 11.7. The zero-order valence-corrected chi connectivity index (χ0v) is 8.92. The van der Waals surface area contributed by atoms with Gasteiger partial charge in [0.25, 0.3) is 0 Å². The summed E-state index contributed by atoms with van der Waals surface area (Å²) in [5.41, 5.74) is 0.811. The molecule has 0 spiro atoms. The molecule has 1 aromatic rings. The van der Waals surface area contributed by atoms with Gasteiger partial charge in [-0.05, 0) is 11.6 Å². The molecular weight excluding hydrogens is 222 g/mol. The molecule has 1 saturated heterocycles. The summed E-state index contributed by atoms with van der Waals surface area (Å²) in [5.74, 6) is -2.19. The number of aliphatic carboxylic acids is 1. The van der Waals surface area contributed by atoms with E-state index in [0.29, 0.717) is 12.2 Å². The van der Waals surface area contributed by atoms with E-state index < -0.39 is 24.0 Å². The molecule has 2 aliphatic heterocycles. The summed E-state index contributed by atoms with van der Waals surface area (Å²) in [6.07, 6.45) is 0.109. The third kappa shape index (κ3) is 1.46. The van der Waals surface area contributed by atoms with Crippen molar-refractivity contribution in [2.45, 2.75) is 18.6 Å². The van der Waals surface area contributed by atoms with Crippen molar-refractivity contribution < 1.29 is 19.4 Å². The minimum atomic E-state index is -1.08. The number of carboxylic acid groups (broad SMARTS) is 1. The second-order valence-corrected chi connectivity index (χ2v) is 4.31. The van der Waals surface area contributed by atoms with Gasteiger partial charge in [0.1, 0.15) is 11.7 Å². The summed E-state index contributed by atoms with van der Waals surface area (Å²) >= 11 is 0. The molecule has 0 saturated carbocycles. The van der Waals surface area contributed by atoms with E-state index in [1.165, 1.54) is 0 Å². The summed E-state index contributed by atoms with van der Waals surface area (Å²) in [7, 11) is 0. The highest BCUT2D eigenvalue weighted by Gasteiger charge is 2.46. The molecule has 5 nitrogen and oxygen atoms in total. The predicted molar refractivity (Wildman–Crippen MR) is 57.5 cm³/mol. The average molecular weight is 233 g/mol. The van der Waals surface area contributed by atoms with Crippen LogP contribution in [0.2, 0.25) is 0 Å². The summed E-state index contributed by atoms with van der Waals surface area (Å²) < 4.78 is 5.58. The monoisotopic (exact) mass is 233 g/mol. The fraction of sp³-hybridized carbons (Fsp3) is 0.333. The lowest BCUT2D eigenvalue weighted by molar-refractivity contribution is -0.152. The van der Waals surface area contributed by atoms with Crippen molar-refractivity contribution >= 4 is 11.9 Å². The van der Waals surface area contributed by atoms with Crippen LogP contribution in [-0.4, -0.2) is 23.2 Å². The van der Waals surface area contributed by atoms with Crippen LogP contribution in [0.15, 0.2) is 24.3 Å². The fourth-order valence-corrected chi connectivity index (χ4v) is 2.57. The first kappa shape index (κ1) is 10.1. The number of carboxylic acids is 1. The van der Waals surface area contributed by atoms with Crippen molar-refractivity contribution in [1.29, 1.82) is 0 Å². The van der Waals surface area contributed by atoms with Crippen LogP contribution in [0, 0.1) is 5.92 Å². The van der Waals surface area contributed by atoms with Crippen molar-refractivity contribution in [3.8, 4) is 5.75 Å². The van der Waals surface area contributed by atoms with Gasteiger partial charge < -0.3 is 15.2 Å². The summed E-state index contributed by atoms with van der Waals surface area (Å²) in [6.45, 7) is 0. The van der Waals surface area contributed by atoms with Crippen molar-refractivity contribution in [2.75, 3.05) is 0 Å². The number of piperidine rings is 1. The molecule has 2 heterocycles. The molecule has 0 aliphatic carbocycles. The first-order chi connectivity index (χ1) is 8.16. The Morgan fingerprint density at radius 3 is 2.94 bits per heavy atom. The summed E-state index contributed by atoms with van der Waals surface area (Å²) in [6, 6.07) is 7.28. The highest BCUT2D eigenvalue weighted by Crippen LogP contribution is 2.42. The number of hydrogen-bond acceptors (Lipinski definition) is 3. The van der Waals surface area contributed by atoms with E-state index in [9.17, 15) is 9.59 Å². The van der Waals surface area contributed by atoms with Crippen molar-refractivity contribution in [3.05, 3.63) is 29.8 Å². The quantitative estimate of drug-likeness (QED) is 0.700. The van der Waals surface area contributed by atoms with Crippen LogP contribution in [0.1, 0.15) is 17.9 Å².